The minimum absolute atomic E-state index is 0. The van der Waals surface area contributed by atoms with Crippen molar-refractivity contribution in [3.8, 4) is 0 Å². The fraction of sp³-hybridized carbons (Fsp3) is 0.944. The SMILES string of the molecule is CCNC(=NCC(CC)(CC)CCO)NC1CCC(SCC)C1.I. The fourth-order valence-corrected chi connectivity index (χ4v) is 4.50. The third-order valence-corrected chi connectivity index (χ3v) is 6.42. The minimum atomic E-state index is 0. The van der Waals surface area contributed by atoms with Gasteiger partial charge in [0.1, 0.15) is 0 Å². The zero-order valence-electron chi connectivity index (χ0n) is 15.9. The van der Waals surface area contributed by atoms with Gasteiger partial charge in [-0.1, -0.05) is 20.8 Å². The van der Waals surface area contributed by atoms with Crippen LogP contribution in [0.2, 0.25) is 0 Å². The quantitative estimate of drug-likeness (QED) is 0.256. The predicted octanol–water partition coefficient (Wildman–Crippen LogP) is 4.02. The van der Waals surface area contributed by atoms with Gasteiger partial charge < -0.3 is 15.7 Å². The minimum Gasteiger partial charge on any atom is -0.396 e. The first-order valence-corrected chi connectivity index (χ1v) is 10.4. The molecule has 3 N–H and O–H groups in total. The Balaban J connectivity index is 0.00000529. The molecule has 0 amide bonds. The van der Waals surface area contributed by atoms with Gasteiger partial charge in [0.15, 0.2) is 5.96 Å². The van der Waals surface area contributed by atoms with E-state index in [2.05, 4.69) is 50.1 Å². The van der Waals surface area contributed by atoms with Crippen molar-refractivity contribution in [1.82, 2.24) is 10.6 Å². The van der Waals surface area contributed by atoms with Crippen LogP contribution in [0.3, 0.4) is 0 Å². The molecule has 1 saturated carbocycles. The normalized spacial score (nSPS) is 21.5. The monoisotopic (exact) mass is 471 g/mol. The van der Waals surface area contributed by atoms with Gasteiger partial charge in [0, 0.05) is 31.0 Å². The maximum absolute atomic E-state index is 9.36. The molecule has 6 heteroatoms. The van der Waals surface area contributed by atoms with E-state index in [-0.39, 0.29) is 36.0 Å². The van der Waals surface area contributed by atoms with Crippen LogP contribution >= 0.6 is 35.7 Å². The molecule has 0 aromatic rings. The van der Waals surface area contributed by atoms with E-state index in [0.29, 0.717) is 6.04 Å². The predicted molar refractivity (Wildman–Crippen MR) is 119 cm³/mol. The molecule has 0 heterocycles. The molecule has 0 radical (unpaired) electrons. The lowest BCUT2D eigenvalue weighted by molar-refractivity contribution is 0.175. The zero-order chi connectivity index (χ0) is 17.1. The van der Waals surface area contributed by atoms with Gasteiger partial charge in [-0.25, -0.2) is 0 Å². The van der Waals surface area contributed by atoms with Crippen molar-refractivity contribution in [3.63, 3.8) is 0 Å². The van der Waals surface area contributed by atoms with E-state index in [1.54, 1.807) is 0 Å². The van der Waals surface area contributed by atoms with Gasteiger partial charge in [0.2, 0.25) is 0 Å². The lowest BCUT2D eigenvalue weighted by Gasteiger charge is -2.30. The summed E-state index contributed by atoms with van der Waals surface area (Å²) in [6.45, 7) is 10.7. The van der Waals surface area contributed by atoms with Crippen molar-refractivity contribution in [3.05, 3.63) is 0 Å². The molecule has 0 bridgehead atoms. The van der Waals surface area contributed by atoms with E-state index < -0.39 is 0 Å². The number of aliphatic hydroxyl groups is 1. The molecular formula is C18H38IN3OS. The summed E-state index contributed by atoms with van der Waals surface area (Å²) in [7, 11) is 0. The molecule has 144 valence electrons. The van der Waals surface area contributed by atoms with Crippen LogP contribution in [0.4, 0.5) is 0 Å². The number of halogens is 1. The van der Waals surface area contributed by atoms with E-state index in [0.717, 1.165) is 43.6 Å². The molecule has 1 fully saturated rings. The molecule has 4 nitrogen and oxygen atoms in total. The second kappa shape index (κ2) is 13.5. The molecule has 2 atom stereocenters. The van der Waals surface area contributed by atoms with E-state index in [4.69, 9.17) is 4.99 Å². The molecule has 1 rings (SSSR count). The summed E-state index contributed by atoms with van der Waals surface area (Å²) in [5.74, 6) is 2.16. The van der Waals surface area contributed by atoms with Crippen LogP contribution in [0, 0.1) is 5.41 Å². The Labute approximate surface area is 170 Å². The zero-order valence-corrected chi connectivity index (χ0v) is 19.1. The maximum Gasteiger partial charge on any atom is 0.191 e. The lowest BCUT2D eigenvalue weighted by atomic mass is 9.79. The third-order valence-electron chi connectivity index (χ3n) is 5.19. The Hall–Kier alpha value is 0.310. The Kier molecular flexibility index (Phi) is 13.7. The van der Waals surface area contributed by atoms with Crippen LogP contribution in [0.15, 0.2) is 4.99 Å². The second-order valence-electron chi connectivity index (χ2n) is 6.61. The Bertz CT molecular complexity index is 351. The van der Waals surface area contributed by atoms with E-state index in [1.807, 2.05) is 0 Å². The van der Waals surface area contributed by atoms with Crippen LogP contribution in [0.1, 0.15) is 66.2 Å². The number of aliphatic hydroxyl groups excluding tert-OH is 1. The van der Waals surface area contributed by atoms with Crippen LogP contribution in [-0.2, 0) is 0 Å². The number of nitrogens with one attached hydrogen (secondary N) is 2. The lowest BCUT2D eigenvalue weighted by Crippen LogP contribution is -2.43. The van der Waals surface area contributed by atoms with Crippen LogP contribution in [0.25, 0.3) is 0 Å². The van der Waals surface area contributed by atoms with Crippen molar-refractivity contribution in [1.29, 1.82) is 0 Å². The summed E-state index contributed by atoms with van der Waals surface area (Å²) < 4.78 is 0. The third kappa shape index (κ3) is 8.13. The first-order chi connectivity index (χ1) is 11.1. The van der Waals surface area contributed by atoms with Gasteiger partial charge in [-0.05, 0) is 56.6 Å². The number of rotatable bonds is 10. The number of nitrogens with zero attached hydrogens (tertiary/aromatic N) is 1. The highest BCUT2D eigenvalue weighted by Crippen LogP contribution is 2.31. The summed E-state index contributed by atoms with van der Waals surface area (Å²) in [6.07, 6.45) is 6.75. The van der Waals surface area contributed by atoms with Crippen molar-refractivity contribution in [2.75, 3.05) is 25.4 Å². The van der Waals surface area contributed by atoms with Gasteiger partial charge in [-0.15, -0.1) is 24.0 Å². The second-order valence-corrected chi connectivity index (χ2v) is 8.18. The summed E-state index contributed by atoms with van der Waals surface area (Å²) in [6, 6.07) is 0.548. The molecule has 0 saturated heterocycles. The molecular weight excluding hydrogens is 433 g/mol. The van der Waals surface area contributed by atoms with Crippen LogP contribution < -0.4 is 10.6 Å². The molecule has 2 unspecified atom stereocenters. The standard InChI is InChI=1S/C18H37N3OS.HI/c1-5-18(6-2,11-12-22)14-20-17(19-7-3)21-15-9-10-16(13-15)23-8-4;/h15-16,22H,5-14H2,1-4H3,(H2,19,20,21);1H. The van der Waals surface area contributed by atoms with E-state index in [9.17, 15) is 5.11 Å². The fourth-order valence-electron chi connectivity index (χ4n) is 3.36. The van der Waals surface area contributed by atoms with Crippen LogP contribution in [-0.4, -0.2) is 47.8 Å². The summed E-state index contributed by atoms with van der Waals surface area (Å²) in [5.41, 5.74) is 0.132. The van der Waals surface area contributed by atoms with Crippen LogP contribution in [0.5, 0.6) is 0 Å². The highest BCUT2D eigenvalue weighted by Gasteiger charge is 2.27. The summed E-state index contributed by atoms with van der Waals surface area (Å²) in [4.78, 5) is 4.86. The molecule has 1 aliphatic carbocycles. The average Bonchev–Trinajstić information content (AvgIpc) is 2.99. The molecule has 1 aliphatic rings. The molecule has 24 heavy (non-hydrogen) atoms. The van der Waals surface area contributed by atoms with E-state index >= 15 is 0 Å². The van der Waals surface area contributed by atoms with Gasteiger partial charge in [-0.3, -0.25) is 4.99 Å². The van der Waals surface area contributed by atoms with Gasteiger partial charge in [0.25, 0.3) is 0 Å². The number of hydrogen-bond acceptors (Lipinski definition) is 3. The van der Waals surface area contributed by atoms with Gasteiger partial charge >= 0.3 is 0 Å². The largest absolute Gasteiger partial charge is 0.396 e. The molecule has 0 aromatic heterocycles. The Morgan fingerprint density at radius 2 is 1.92 bits per heavy atom. The first kappa shape index (κ1) is 24.3. The van der Waals surface area contributed by atoms with Gasteiger partial charge in [-0.2, -0.15) is 11.8 Å². The van der Waals surface area contributed by atoms with Crippen molar-refractivity contribution in [2.45, 2.75) is 77.5 Å². The average molecular weight is 471 g/mol. The topological polar surface area (TPSA) is 56.7 Å². The number of thioether (sulfide) groups is 1. The Morgan fingerprint density at radius 3 is 2.46 bits per heavy atom. The first-order valence-electron chi connectivity index (χ1n) is 9.40. The highest BCUT2D eigenvalue weighted by molar-refractivity contribution is 14.0. The van der Waals surface area contributed by atoms with E-state index in [1.165, 1.54) is 25.0 Å². The molecule has 0 aromatic carbocycles. The maximum atomic E-state index is 9.36. The molecule has 0 spiro atoms. The summed E-state index contributed by atoms with van der Waals surface area (Å²) >= 11 is 2.09. The smallest absolute Gasteiger partial charge is 0.191 e. The number of aliphatic imine (C=N–C) groups is 1. The Morgan fingerprint density at radius 1 is 1.21 bits per heavy atom. The van der Waals surface area contributed by atoms with Crippen molar-refractivity contribution < 1.29 is 5.11 Å². The molecule has 0 aliphatic heterocycles. The van der Waals surface area contributed by atoms with Crippen molar-refractivity contribution in [2.24, 2.45) is 10.4 Å². The summed E-state index contributed by atoms with van der Waals surface area (Å²) in [5, 5.41) is 17.2. The van der Waals surface area contributed by atoms with Crippen molar-refractivity contribution >= 4 is 41.7 Å². The number of guanidine groups is 1. The number of hydrogen-bond donors (Lipinski definition) is 3. The highest BCUT2D eigenvalue weighted by atomic mass is 127. The van der Waals surface area contributed by atoms with Gasteiger partial charge in [0.05, 0.1) is 0 Å².